The minimum atomic E-state index is -0.560. The largest absolute Gasteiger partial charge is 0.493 e. The number of carbonyl (C=O) groups is 1. The number of hydrogen-bond acceptors (Lipinski definition) is 11. The Bertz CT molecular complexity index is 1900. The fraction of sp³-hybridized carbons (Fsp3) is 0.400. The van der Waals surface area contributed by atoms with Crippen molar-refractivity contribution < 1.29 is 38.0 Å². The summed E-state index contributed by atoms with van der Waals surface area (Å²) in [6, 6.07) is 12.6. The van der Waals surface area contributed by atoms with Crippen LogP contribution in [0.1, 0.15) is 51.0 Å². The average Bonchev–Trinajstić information content (AvgIpc) is 3.63. The summed E-state index contributed by atoms with van der Waals surface area (Å²) >= 11 is 0. The standard InChI is InChI=1S/C40H43N3O8/c1-7-15-47-37-24(3)38-40(51-22-50-38)34-27(37)18-29-35-33-26(16-23(2)36(46-6)39(33)49-21-45-5)17-28(42(35)4)30(19-41)43(29)31(34)20-48-32(44)14-13-25-11-9-8-10-12-25/h7-14,16,28-31,35H,1,15,17-18,20-22H2,2-6H3/t28-,29?,30-,31-,35-/m0/s1. The molecule has 0 saturated carbocycles. The van der Waals surface area contributed by atoms with Crippen molar-refractivity contribution in [2.24, 2.45) is 0 Å². The number of rotatable bonds is 11. The molecule has 0 amide bonds. The number of ether oxygens (including phenoxy) is 7. The van der Waals surface area contributed by atoms with Gasteiger partial charge in [-0.3, -0.25) is 9.80 Å². The first-order valence-corrected chi connectivity index (χ1v) is 17.1. The van der Waals surface area contributed by atoms with Gasteiger partial charge in [-0.25, -0.2) is 4.79 Å². The van der Waals surface area contributed by atoms with Crippen molar-refractivity contribution in [3.63, 3.8) is 0 Å². The Morgan fingerprint density at radius 1 is 1.04 bits per heavy atom. The topological polar surface area (TPSA) is 112 Å². The molecule has 0 N–H and O–H groups in total. The van der Waals surface area contributed by atoms with E-state index in [2.05, 4.69) is 35.6 Å². The van der Waals surface area contributed by atoms with Crippen molar-refractivity contribution >= 4 is 12.0 Å². The number of nitriles is 1. The third kappa shape index (κ3) is 5.87. The molecule has 2 bridgehead atoms. The summed E-state index contributed by atoms with van der Waals surface area (Å²) in [5.41, 5.74) is 6.49. The highest BCUT2D eigenvalue weighted by Gasteiger charge is 2.57. The SMILES string of the molecule is C=CCOc1c(C)c2c(c3c1CC1[C@H]4c5c(cc(C)c(OC)c5OCOC)C[C@@H]([C@H](C#N)N1[C@H]3COC(=O)C=Cc1ccccc1)N4C)OCO2. The molecule has 7 rings (SSSR count). The molecule has 3 aromatic rings. The fourth-order valence-electron chi connectivity index (χ4n) is 8.50. The van der Waals surface area contributed by atoms with Gasteiger partial charge in [0.1, 0.15) is 25.0 Å². The normalized spacial score (nSPS) is 23.1. The van der Waals surface area contributed by atoms with Gasteiger partial charge >= 0.3 is 5.97 Å². The van der Waals surface area contributed by atoms with Gasteiger partial charge in [0.05, 0.1) is 25.3 Å². The minimum Gasteiger partial charge on any atom is -0.493 e. The monoisotopic (exact) mass is 693 g/mol. The summed E-state index contributed by atoms with van der Waals surface area (Å²) in [6.07, 6.45) is 5.98. The van der Waals surface area contributed by atoms with Crippen molar-refractivity contribution in [2.75, 3.05) is 48.1 Å². The van der Waals surface area contributed by atoms with E-state index >= 15 is 0 Å². The zero-order valence-electron chi connectivity index (χ0n) is 29.6. The molecule has 0 radical (unpaired) electrons. The van der Waals surface area contributed by atoms with Gasteiger partial charge in [-0.15, -0.1) is 0 Å². The summed E-state index contributed by atoms with van der Waals surface area (Å²) in [5.74, 6) is 2.65. The molecule has 1 saturated heterocycles. The number of aryl methyl sites for hydroxylation is 1. The lowest BCUT2D eigenvalue weighted by molar-refractivity contribution is -0.143. The third-order valence-corrected chi connectivity index (χ3v) is 10.5. The van der Waals surface area contributed by atoms with E-state index in [1.807, 2.05) is 44.2 Å². The van der Waals surface area contributed by atoms with E-state index in [1.165, 1.54) is 6.08 Å². The van der Waals surface area contributed by atoms with E-state index in [1.54, 1.807) is 26.4 Å². The van der Waals surface area contributed by atoms with Gasteiger partial charge in [-0.05, 0) is 56.5 Å². The van der Waals surface area contributed by atoms with Crippen LogP contribution >= 0.6 is 0 Å². The number of hydrogen-bond donors (Lipinski definition) is 0. The van der Waals surface area contributed by atoms with Crippen molar-refractivity contribution in [3.8, 4) is 34.8 Å². The number of esters is 1. The fourth-order valence-corrected chi connectivity index (χ4v) is 8.50. The number of methoxy groups -OCH3 is 2. The van der Waals surface area contributed by atoms with E-state index in [0.717, 1.165) is 38.9 Å². The van der Waals surface area contributed by atoms with Crippen molar-refractivity contribution in [1.82, 2.24) is 9.80 Å². The average molecular weight is 694 g/mol. The lowest BCUT2D eigenvalue weighted by atomic mass is 9.71. The molecule has 51 heavy (non-hydrogen) atoms. The highest BCUT2D eigenvalue weighted by molar-refractivity contribution is 5.87. The first kappa shape index (κ1) is 34.4. The van der Waals surface area contributed by atoms with Gasteiger partial charge in [-0.1, -0.05) is 49.1 Å². The predicted octanol–water partition coefficient (Wildman–Crippen LogP) is 5.62. The molecule has 0 aliphatic carbocycles. The van der Waals surface area contributed by atoms with Crippen LogP contribution < -0.4 is 23.7 Å². The van der Waals surface area contributed by atoms with E-state index in [9.17, 15) is 10.1 Å². The predicted molar refractivity (Wildman–Crippen MR) is 189 cm³/mol. The van der Waals surface area contributed by atoms with Crippen LogP contribution in [0.5, 0.6) is 28.7 Å². The Kier molecular flexibility index (Phi) is 9.66. The summed E-state index contributed by atoms with van der Waals surface area (Å²) < 4.78 is 42.3. The van der Waals surface area contributed by atoms with Crippen molar-refractivity contribution in [3.05, 3.63) is 94.1 Å². The Hall–Kier alpha value is -5.02. The van der Waals surface area contributed by atoms with Crippen LogP contribution in [0.25, 0.3) is 6.08 Å². The maximum Gasteiger partial charge on any atom is 0.330 e. The second kappa shape index (κ2) is 14.3. The van der Waals surface area contributed by atoms with Crippen LogP contribution in [0.4, 0.5) is 0 Å². The molecule has 11 heteroatoms. The smallest absolute Gasteiger partial charge is 0.330 e. The van der Waals surface area contributed by atoms with Gasteiger partial charge in [0.2, 0.25) is 6.79 Å². The van der Waals surface area contributed by atoms with Gasteiger partial charge < -0.3 is 33.2 Å². The Morgan fingerprint density at radius 3 is 2.55 bits per heavy atom. The molecule has 4 aliphatic heterocycles. The maximum absolute atomic E-state index is 13.3. The third-order valence-electron chi connectivity index (χ3n) is 10.5. The van der Waals surface area contributed by atoms with Gasteiger partial charge in [-0.2, -0.15) is 5.26 Å². The molecule has 1 fully saturated rings. The van der Waals surface area contributed by atoms with Gasteiger partial charge in [0.25, 0.3) is 0 Å². The van der Waals surface area contributed by atoms with E-state index < -0.39 is 18.1 Å². The summed E-state index contributed by atoms with van der Waals surface area (Å²) in [6.45, 7) is 8.19. The van der Waals surface area contributed by atoms with E-state index in [0.29, 0.717) is 41.6 Å². The molecule has 3 aromatic carbocycles. The lowest BCUT2D eigenvalue weighted by Gasteiger charge is -2.59. The summed E-state index contributed by atoms with van der Waals surface area (Å²) in [4.78, 5) is 17.8. The zero-order valence-corrected chi connectivity index (χ0v) is 29.6. The molecule has 4 aliphatic rings. The maximum atomic E-state index is 13.3. The van der Waals surface area contributed by atoms with Crippen LogP contribution in [0.3, 0.4) is 0 Å². The lowest BCUT2D eigenvalue weighted by Crippen LogP contribution is -2.68. The molecule has 0 aromatic heterocycles. The quantitative estimate of drug-likeness (QED) is 0.108. The second-order valence-corrected chi connectivity index (χ2v) is 13.3. The van der Waals surface area contributed by atoms with Gasteiger partial charge in [0, 0.05) is 47.5 Å². The highest BCUT2D eigenvalue weighted by Crippen LogP contribution is 2.58. The number of piperazine rings is 1. The second-order valence-electron chi connectivity index (χ2n) is 13.3. The number of carbonyl (C=O) groups excluding carboxylic acids is 1. The van der Waals surface area contributed by atoms with Crippen LogP contribution in [-0.4, -0.2) is 82.0 Å². The van der Waals surface area contributed by atoms with Gasteiger partial charge in [0.15, 0.2) is 29.8 Å². The van der Waals surface area contributed by atoms with Crippen LogP contribution in [0.15, 0.2) is 55.1 Å². The summed E-state index contributed by atoms with van der Waals surface area (Å²) in [5, 5.41) is 11.0. The van der Waals surface area contributed by atoms with Crippen LogP contribution in [-0.2, 0) is 27.1 Å². The molecule has 266 valence electrons. The number of nitrogens with zero attached hydrogens (tertiary/aromatic N) is 3. The van der Waals surface area contributed by atoms with Crippen LogP contribution in [0.2, 0.25) is 0 Å². The number of fused-ring (bicyclic) bond motifs is 9. The number of benzene rings is 3. The molecular weight excluding hydrogens is 650 g/mol. The van der Waals surface area contributed by atoms with E-state index in [4.69, 9.17) is 33.2 Å². The molecule has 4 heterocycles. The minimum absolute atomic E-state index is 0.0281. The Labute approximate surface area is 298 Å². The zero-order chi connectivity index (χ0) is 35.8. The molecule has 5 atom stereocenters. The Morgan fingerprint density at radius 2 is 1.82 bits per heavy atom. The molecular formula is C40H43N3O8. The molecule has 0 spiro atoms. The molecule has 1 unspecified atom stereocenters. The van der Waals surface area contributed by atoms with Crippen molar-refractivity contribution in [2.45, 2.75) is 56.9 Å². The van der Waals surface area contributed by atoms with Crippen molar-refractivity contribution in [1.29, 1.82) is 5.26 Å². The summed E-state index contributed by atoms with van der Waals surface area (Å²) in [7, 11) is 5.31. The first-order valence-electron chi connectivity index (χ1n) is 17.1. The molecule has 11 nitrogen and oxygen atoms in total. The Balaban J connectivity index is 1.40. The first-order chi connectivity index (χ1) is 24.8. The van der Waals surface area contributed by atoms with Crippen LogP contribution in [0, 0.1) is 25.2 Å². The van der Waals surface area contributed by atoms with E-state index in [-0.39, 0.29) is 44.9 Å². The number of likely N-dealkylation sites (N-methyl/N-ethyl adjacent to an activating group) is 1. The highest BCUT2D eigenvalue weighted by atomic mass is 16.7.